The van der Waals surface area contributed by atoms with E-state index in [4.69, 9.17) is 0 Å². The van der Waals surface area contributed by atoms with E-state index in [0.717, 1.165) is 19.4 Å². The molecule has 17 heavy (non-hydrogen) atoms. The van der Waals surface area contributed by atoms with E-state index in [1.54, 1.807) is 0 Å². The van der Waals surface area contributed by atoms with E-state index in [9.17, 15) is 13.2 Å². The first kappa shape index (κ1) is 13.2. The average Bonchev–Trinajstić information content (AvgIpc) is 2.64. The SMILES string of the molecule is CNCC1C(C)(C)C12CCCC(C(F)(F)F)C2. The standard InChI is InChI=1S/C13H22F3N/c1-11(2)10(8-17-3)12(11)6-4-5-9(7-12)13(14,15)16/h9-10,17H,4-8H2,1-3H3. The van der Waals surface area contributed by atoms with E-state index in [1.165, 1.54) is 0 Å². The van der Waals surface area contributed by atoms with Crippen LogP contribution in [0, 0.1) is 22.7 Å². The predicted molar refractivity (Wildman–Crippen MR) is 61.6 cm³/mol. The summed E-state index contributed by atoms with van der Waals surface area (Å²) in [7, 11) is 1.88. The van der Waals surface area contributed by atoms with Crippen molar-refractivity contribution >= 4 is 0 Å². The second kappa shape index (κ2) is 3.87. The Morgan fingerprint density at radius 3 is 2.47 bits per heavy atom. The monoisotopic (exact) mass is 249 g/mol. The highest BCUT2D eigenvalue weighted by molar-refractivity contribution is 5.19. The van der Waals surface area contributed by atoms with Crippen LogP contribution in [0.25, 0.3) is 0 Å². The molecule has 0 aromatic carbocycles. The molecule has 0 aromatic rings. The first-order valence-corrected chi connectivity index (χ1v) is 6.47. The molecule has 0 amide bonds. The third-order valence-corrected chi connectivity index (χ3v) is 5.40. The van der Waals surface area contributed by atoms with Gasteiger partial charge in [-0.3, -0.25) is 0 Å². The van der Waals surface area contributed by atoms with Crippen molar-refractivity contribution in [3.63, 3.8) is 0 Å². The Bertz CT molecular complexity index is 298. The molecular formula is C13H22F3N. The van der Waals surface area contributed by atoms with E-state index in [0.29, 0.717) is 18.8 Å². The predicted octanol–water partition coefficient (Wildman–Crippen LogP) is 3.60. The Kier molecular flexibility index (Phi) is 3.00. The molecule has 0 radical (unpaired) electrons. The summed E-state index contributed by atoms with van der Waals surface area (Å²) in [5.74, 6) is -0.664. The second-order valence-electron chi connectivity index (χ2n) is 6.32. The van der Waals surface area contributed by atoms with Gasteiger partial charge in [0.25, 0.3) is 0 Å². The third kappa shape index (κ3) is 1.88. The third-order valence-electron chi connectivity index (χ3n) is 5.40. The Balaban J connectivity index is 2.12. The molecule has 0 bridgehead atoms. The molecule has 0 aromatic heterocycles. The van der Waals surface area contributed by atoms with Crippen LogP contribution in [-0.2, 0) is 0 Å². The number of hydrogen-bond donors (Lipinski definition) is 1. The lowest BCUT2D eigenvalue weighted by Gasteiger charge is -2.33. The maximum Gasteiger partial charge on any atom is 0.391 e. The fraction of sp³-hybridized carbons (Fsp3) is 1.00. The maximum atomic E-state index is 12.9. The normalized spacial score (nSPS) is 40.6. The second-order valence-corrected chi connectivity index (χ2v) is 6.32. The van der Waals surface area contributed by atoms with Crippen molar-refractivity contribution in [3.05, 3.63) is 0 Å². The largest absolute Gasteiger partial charge is 0.391 e. The minimum absolute atomic E-state index is 0.0611. The zero-order valence-electron chi connectivity index (χ0n) is 10.8. The van der Waals surface area contributed by atoms with Crippen LogP contribution in [0.5, 0.6) is 0 Å². The molecule has 1 nitrogen and oxygen atoms in total. The van der Waals surface area contributed by atoms with Gasteiger partial charge in [0.05, 0.1) is 5.92 Å². The number of hydrogen-bond acceptors (Lipinski definition) is 1. The van der Waals surface area contributed by atoms with Crippen molar-refractivity contribution in [2.24, 2.45) is 22.7 Å². The van der Waals surface area contributed by atoms with Gasteiger partial charge >= 0.3 is 6.18 Å². The van der Waals surface area contributed by atoms with Gasteiger partial charge in [-0.25, -0.2) is 0 Å². The van der Waals surface area contributed by atoms with E-state index < -0.39 is 12.1 Å². The molecule has 2 saturated carbocycles. The first-order valence-electron chi connectivity index (χ1n) is 6.47. The van der Waals surface area contributed by atoms with Crippen LogP contribution in [0.2, 0.25) is 0 Å². The maximum absolute atomic E-state index is 12.9. The molecular weight excluding hydrogens is 227 g/mol. The minimum atomic E-state index is -4.00. The molecule has 2 aliphatic carbocycles. The van der Waals surface area contributed by atoms with Crippen LogP contribution in [0.15, 0.2) is 0 Å². The summed E-state index contributed by atoms with van der Waals surface area (Å²) in [5.41, 5.74) is 0.00831. The first-order chi connectivity index (χ1) is 7.75. The summed E-state index contributed by atoms with van der Waals surface area (Å²) in [4.78, 5) is 0. The van der Waals surface area contributed by atoms with Crippen molar-refractivity contribution in [1.82, 2.24) is 5.32 Å². The molecule has 3 atom stereocenters. The zero-order valence-corrected chi connectivity index (χ0v) is 10.8. The van der Waals surface area contributed by atoms with E-state index >= 15 is 0 Å². The van der Waals surface area contributed by atoms with Crippen LogP contribution in [0.3, 0.4) is 0 Å². The van der Waals surface area contributed by atoms with Gasteiger partial charge in [0, 0.05) is 0 Å². The minimum Gasteiger partial charge on any atom is -0.319 e. The molecule has 0 aliphatic heterocycles. The van der Waals surface area contributed by atoms with Crippen LogP contribution < -0.4 is 5.32 Å². The number of alkyl halides is 3. The smallest absolute Gasteiger partial charge is 0.319 e. The summed E-state index contributed by atoms with van der Waals surface area (Å²) < 4.78 is 38.6. The van der Waals surface area contributed by atoms with Gasteiger partial charge in [-0.05, 0) is 49.6 Å². The molecule has 2 aliphatic rings. The van der Waals surface area contributed by atoms with Crippen LogP contribution in [0.1, 0.15) is 39.5 Å². The van der Waals surface area contributed by atoms with Crippen molar-refractivity contribution in [3.8, 4) is 0 Å². The quantitative estimate of drug-likeness (QED) is 0.788. The average molecular weight is 249 g/mol. The van der Waals surface area contributed by atoms with Gasteiger partial charge < -0.3 is 5.32 Å². The van der Waals surface area contributed by atoms with Crippen molar-refractivity contribution < 1.29 is 13.2 Å². The lowest BCUT2D eigenvalue weighted by molar-refractivity contribution is -0.188. The highest BCUT2D eigenvalue weighted by atomic mass is 19.4. The van der Waals surface area contributed by atoms with Crippen LogP contribution in [0.4, 0.5) is 13.2 Å². The Morgan fingerprint density at radius 2 is 1.94 bits per heavy atom. The lowest BCUT2D eigenvalue weighted by Crippen LogP contribution is -2.32. The van der Waals surface area contributed by atoms with Crippen LogP contribution >= 0.6 is 0 Å². The highest BCUT2D eigenvalue weighted by Crippen LogP contribution is 2.75. The van der Waals surface area contributed by atoms with E-state index in [1.807, 2.05) is 7.05 Å². The molecule has 1 spiro atoms. The van der Waals surface area contributed by atoms with Gasteiger partial charge in [0.15, 0.2) is 0 Å². The fourth-order valence-corrected chi connectivity index (χ4v) is 4.21. The van der Waals surface area contributed by atoms with Crippen molar-refractivity contribution in [2.45, 2.75) is 45.7 Å². The number of nitrogens with one attached hydrogen (secondary N) is 1. The summed E-state index contributed by atoms with van der Waals surface area (Å²) >= 11 is 0. The molecule has 2 rings (SSSR count). The Labute approximate surface area is 101 Å². The summed E-state index contributed by atoms with van der Waals surface area (Å²) in [6, 6.07) is 0. The van der Waals surface area contributed by atoms with E-state index in [-0.39, 0.29) is 10.8 Å². The topological polar surface area (TPSA) is 12.0 Å². The van der Waals surface area contributed by atoms with Crippen LogP contribution in [-0.4, -0.2) is 19.8 Å². The summed E-state index contributed by atoms with van der Waals surface area (Å²) in [5, 5.41) is 3.13. The fourth-order valence-electron chi connectivity index (χ4n) is 4.21. The zero-order chi connectivity index (χ0) is 12.9. The van der Waals surface area contributed by atoms with Crippen molar-refractivity contribution in [1.29, 1.82) is 0 Å². The molecule has 0 heterocycles. The lowest BCUT2D eigenvalue weighted by atomic mass is 9.74. The van der Waals surface area contributed by atoms with Gasteiger partial charge in [-0.2, -0.15) is 13.2 Å². The van der Waals surface area contributed by atoms with Gasteiger partial charge in [0.1, 0.15) is 0 Å². The molecule has 1 N–H and O–H groups in total. The van der Waals surface area contributed by atoms with Gasteiger partial charge in [0.2, 0.25) is 0 Å². The number of rotatable bonds is 2. The molecule has 3 unspecified atom stereocenters. The Morgan fingerprint density at radius 1 is 1.29 bits per heavy atom. The number of halogens is 3. The molecule has 4 heteroatoms. The highest BCUT2D eigenvalue weighted by Gasteiger charge is 2.71. The molecule has 100 valence electrons. The molecule has 2 fully saturated rings. The van der Waals surface area contributed by atoms with Crippen molar-refractivity contribution in [2.75, 3.05) is 13.6 Å². The Hall–Kier alpha value is -0.250. The molecule has 0 saturated heterocycles. The van der Waals surface area contributed by atoms with Gasteiger partial charge in [-0.15, -0.1) is 0 Å². The summed E-state index contributed by atoms with van der Waals surface area (Å²) in [6.45, 7) is 5.11. The van der Waals surface area contributed by atoms with E-state index in [2.05, 4.69) is 19.2 Å². The van der Waals surface area contributed by atoms with Gasteiger partial charge in [-0.1, -0.05) is 20.3 Å². The summed E-state index contributed by atoms with van der Waals surface area (Å²) in [6.07, 6.45) is -1.63.